The standard InChI is InChI=1S/C23H21BrN2O2/c1-2-27-21-9-5-6-10-22(21)28-16-15-26-20-8-4-3-7-19(20)25-23(26)17-11-13-18(24)14-12-17/h3-14H,2,15-16H2,1H3. The molecule has 4 rings (SSSR count). The first-order chi connectivity index (χ1) is 13.8. The third kappa shape index (κ3) is 3.90. The maximum absolute atomic E-state index is 6.04. The van der Waals surface area contributed by atoms with Crippen molar-refractivity contribution >= 4 is 27.0 Å². The number of imidazole rings is 1. The second kappa shape index (κ2) is 8.48. The van der Waals surface area contributed by atoms with Gasteiger partial charge < -0.3 is 14.0 Å². The van der Waals surface area contributed by atoms with Crippen LogP contribution in [0.15, 0.2) is 77.3 Å². The topological polar surface area (TPSA) is 36.3 Å². The predicted molar refractivity (Wildman–Crippen MR) is 116 cm³/mol. The summed E-state index contributed by atoms with van der Waals surface area (Å²) < 4.78 is 15.0. The summed E-state index contributed by atoms with van der Waals surface area (Å²) in [5.41, 5.74) is 3.16. The van der Waals surface area contributed by atoms with Gasteiger partial charge in [0, 0.05) is 10.0 Å². The first-order valence-corrected chi connectivity index (χ1v) is 10.1. The van der Waals surface area contributed by atoms with Gasteiger partial charge in [0.15, 0.2) is 11.5 Å². The maximum atomic E-state index is 6.04. The molecule has 0 aliphatic carbocycles. The summed E-state index contributed by atoms with van der Waals surface area (Å²) in [4.78, 5) is 4.85. The minimum absolute atomic E-state index is 0.522. The van der Waals surface area contributed by atoms with Crippen LogP contribution in [0.3, 0.4) is 0 Å². The Morgan fingerprint density at radius 3 is 2.29 bits per heavy atom. The highest BCUT2D eigenvalue weighted by atomic mass is 79.9. The number of rotatable bonds is 7. The fraction of sp³-hybridized carbons (Fsp3) is 0.174. The molecule has 5 heteroatoms. The van der Waals surface area contributed by atoms with Crippen LogP contribution in [0.25, 0.3) is 22.4 Å². The maximum Gasteiger partial charge on any atom is 0.161 e. The van der Waals surface area contributed by atoms with Crippen LogP contribution in [0.1, 0.15) is 6.92 Å². The summed E-state index contributed by atoms with van der Waals surface area (Å²) in [6.45, 7) is 3.79. The quantitative estimate of drug-likeness (QED) is 0.359. The van der Waals surface area contributed by atoms with Crippen molar-refractivity contribution in [3.05, 3.63) is 77.3 Å². The van der Waals surface area contributed by atoms with Gasteiger partial charge in [-0.2, -0.15) is 0 Å². The number of hydrogen-bond donors (Lipinski definition) is 0. The third-order valence-corrected chi connectivity index (χ3v) is 5.01. The zero-order valence-electron chi connectivity index (χ0n) is 15.6. The number of ether oxygens (including phenoxy) is 2. The van der Waals surface area contributed by atoms with E-state index < -0.39 is 0 Å². The molecule has 0 spiro atoms. The summed E-state index contributed by atoms with van der Waals surface area (Å²) in [6.07, 6.45) is 0. The van der Waals surface area contributed by atoms with E-state index >= 15 is 0 Å². The van der Waals surface area contributed by atoms with E-state index in [2.05, 4.69) is 38.7 Å². The summed E-state index contributed by atoms with van der Waals surface area (Å²) in [6, 6.07) is 24.2. The number of aromatic nitrogens is 2. The second-order valence-electron chi connectivity index (χ2n) is 6.31. The Morgan fingerprint density at radius 1 is 0.857 bits per heavy atom. The van der Waals surface area contributed by atoms with Crippen molar-refractivity contribution in [2.24, 2.45) is 0 Å². The van der Waals surface area contributed by atoms with Crippen LogP contribution in [-0.4, -0.2) is 22.8 Å². The van der Waals surface area contributed by atoms with Crippen LogP contribution in [0.4, 0.5) is 0 Å². The smallest absolute Gasteiger partial charge is 0.161 e. The Bertz CT molecular complexity index is 1070. The first kappa shape index (κ1) is 18.6. The van der Waals surface area contributed by atoms with Crippen LogP contribution in [0, 0.1) is 0 Å². The zero-order chi connectivity index (χ0) is 19.3. The molecule has 0 unspecified atom stereocenters. The Hall–Kier alpha value is -2.79. The molecule has 0 radical (unpaired) electrons. The number of benzene rings is 3. The molecule has 1 aromatic heterocycles. The van der Waals surface area contributed by atoms with Gasteiger partial charge in [-0.3, -0.25) is 0 Å². The van der Waals surface area contributed by atoms with Gasteiger partial charge in [0.25, 0.3) is 0 Å². The summed E-state index contributed by atoms with van der Waals surface area (Å²) in [7, 11) is 0. The molecule has 0 aliphatic rings. The molecule has 28 heavy (non-hydrogen) atoms. The molecule has 0 aliphatic heterocycles. The molecule has 0 fully saturated rings. The van der Waals surface area contributed by atoms with Crippen LogP contribution in [0.2, 0.25) is 0 Å². The van der Waals surface area contributed by atoms with Gasteiger partial charge in [-0.1, -0.05) is 52.3 Å². The highest BCUT2D eigenvalue weighted by molar-refractivity contribution is 9.10. The van der Waals surface area contributed by atoms with Crippen molar-refractivity contribution in [3.63, 3.8) is 0 Å². The Labute approximate surface area is 172 Å². The number of nitrogens with zero attached hydrogens (tertiary/aromatic N) is 2. The van der Waals surface area contributed by atoms with E-state index in [1.54, 1.807) is 0 Å². The Balaban J connectivity index is 1.61. The first-order valence-electron chi connectivity index (χ1n) is 9.32. The zero-order valence-corrected chi connectivity index (χ0v) is 17.2. The van der Waals surface area contributed by atoms with Gasteiger partial charge in [-0.15, -0.1) is 0 Å². The predicted octanol–water partition coefficient (Wildman–Crippen LogP) is 5.94. The molecular weight excluding hydrogens is 416 g/mol. The van der Waals surface area contributed by atoms with E-state index in [1.165, 1.54) is 0 Å². The van der Waals surface area contributed by atoms with Gasteiger partial charge >= 0.3 is 0 Å². The second-order valence-corrected chi connectivity index (χ2v) is 7.23. The van der Waals surface area contributed by atoms with Crippen LogP contribution < -0.4 is 9.47 Å². The van der Waals surface area contributed by atoms with Gasteiger partial charge in [0.05, 0.1) is 24.2 Å². The SMILES string of the molecule is CCOc1ccccc1OCCn1c(-c2ccc(Br)cc2)nc2ccccc21. The molecule has 142 valence electrons. The van der Waals surface area contributed by atoms with Crippen molar-refractivity contribution in [1.82, 2.24) is 9.55 Å². The van der Waals surface area contributed by atoms with Gasteiger partial charge in [-0.05, 0) is 43.3 Å². The Kier molecular flexibility index (Phi) is 5.63. The number of hydrogen-bond acceptors (Lipinski definition) is 3. The average molecular weight is 437 g/mol. The van der Waals surface area contributed by atoms with E-state index in [0.717, 1.165) is 38.4 Å². The molecule has 1 heterocycles. The lowest BCUT2D eigenvalue weighted by molar-refractivity contribution is 0.268. The van der Waals surface area contributed by atoms with Crippen molar-refractivity contribution in [1.29, 1.82) is 0 Å². The highest BCUT2D eigenvalue weighted by Gasteiger charge is 2.13. The summed E-state index contributed by atoms with van der Waals surface area (Å²) >= 11 is 3.50. The van der Waals surface area contributed by atoms with E-state index in [1.807, 2.05) is 61.5 Å². The summed E-state index contributed by atoms with van der Waals surface area (Å²) in [5.74, 6) is 2.47. The lowest BCUT2D eigenvalue weighted by atomic mass is 10.2. The lowest BCUT2D eigenvalue weighted by Crippen LogP contribution is -2.10. The molecule has 0 amide bonds. The fourth-order valence-corrected chi connectivity index (χ4v) is 3.48. The van der Waals surface area contributed by atoms with Crippen molar-refractivity contribution in [2.45, 2.75) is 13.5 Å². The van der Waals surface area contributed by atoms with E-state index in [-0.39, 0.29) is 0 Å². The largest absolute Gasteiger partial charge is 0.490 e. The van der Waals surface area contributed by atoms with Crippen molar-refractivity contribution < 1.29 is 9.47 Å². The van der Waals surface area contributed by atoms with Crippen molar-refractivity contribution in [3.8, 4) is 22.9 Å². The van der Waals surface area contributed by atoms with E-state index in [9.17, 15) is 0 Å². The van der Waals surface area contributed by atoms with Crippen molar-refractivity contribution in [2.75, 3.05) is 13.2 Å². The molecule has 4 aromatic rings. The molecule has 0 bridgehead atoms. The molecule has 0 saturated heterocycles. The third-order valence-electron chi connectivity index (χ3n) is 4.48. The normalized spacial score (nSPS) is 10.9. The van der Waals surface area contributed by atoms with Gasteiger partial charge in [0.2, 0.25) is 0 Å². The van der Waals surface area contributed by atoms with Gasteiger partial charge in [0.1, 0.15) is 12.4 Å². The molecule has 0 saturated carbocycles. The van der Waals surface area contributed by atoms with E-state index in [4.69, 9.17) is 14.5 Å². The molecule has 0 N–H and O–H groups in total. The number of halogens is 1. The molecular formula is C23H21BrN2O2. The van der Waals surface area contributed by atoms with Crippen LogP contribution in [-0.2, 0) is 6.54 Å². The van der Waals surface area contributed by atoms with Crippen LogP contribution >= 0.6 is 15.9 Å². The lowest BCUT2D eigenvalue weighted by Gasteiger charge is -2.13. The summed E-state index contributed by atoms with van der Waals surface area (Å²) in [5, 5.41) is 0. The van der Waals surface area contributed by atoms with E-state index in [0.29, 0.717) is 19.8 Å². The monoisotopic (exact) mass is 436 g/mol. The fourth-order valence-electron chi connectivity index (χ4n) is 3.21. The highest BCUT2D eigenvalue weighted by Crippen LogP contribution is 2.28. The van der Waals surface area contributed by atoms with Gasteiger partial charge in [-0.25, -0.2) is 4.98 Å². The van der Waals surface area contributed by atoms with Crippen LogP contribution in [0.5, 0.6) is 11.5 Å². The molecule has 4 nitrogen and oxygen atoms in total. The number of para-hydroxylation sites is 4. The molecule has 0 atom stereocenters. The number of fused-ring (bicyclic) bond motifs is 1. The molecule has 3 aromatic carbocycles. The average Bonchev–Trinajstić information content (AvgIpc) is 3.09. The minimum atomic E-state index is 0.522. The minimum Gasteiger partial charge on any atom is -0.490 e. The Morgan fingerprint density at radius 2 is 1.54 bits per heavy atom.